The third-order valence-electron chi connectivity index (χ3n) is 3.61. The SMILES string of the molecule is C=CCOc1ccc(/C=C/C(=O)OCC(=O)NC(=O)c2ccccc2OC)cc1. The number of hydrogen-bond donors (Lipinski definition) is 1. The Balaban J connectivity index is 1.80. The van der Waals surface area contributed by atoms with Gasteiger partial charge in [0.15, 0.2) is 6.61 Å². The number of carbonyl (C=O) groups excluding carboxylic acids is 3. The summed E-state index contributed by atoms with van der Waals surface area (Å²) in [4.78, 5) is 35.7. The van der Waals surface area contributed by atoms with Gasteiger partial charge < -0.3 is 14.2 Å². The maximum absolute atomic E-state index is 12.1. The molecule has 2 rings (SSSR count). The van der Waals surface area contributed by atoms with E-state index in [0.29, 0.717) is 18.1 Å². The highest BCUT2D eigenvalue weighted by Crippen LogP contribution is 2.16. The van der Waals surface area contributed by atoms with E-state index in [2.05, 4.69) is 11.9 Å². The van der Waals surface area contributed by atoms with Crippen LogP contribution in [-0.2, 0) is 14.3 Å². The second-order valence-corrected chi connectivity index (χ2v) is 5.69. The van der Waals surface area contributed by atoms with E-state index in [1.807, 2.05) is 0 Å². The van der Waals surface area contributed by atoms with Gasteiger partial charge in [0, 0.05) is 6.08 Å². The van der Waals surface area contributed by atoms with Crippen LogP contribution >= 0.6 is 0 Å². The van der Waals surface area contributed by atoms with E-state index in [1.165, 1.54) is 25.3 Å². The molecule has 0 aromatic heterocycles. The molecule has 0 unspecified atom stereocenters. The summed E-state index contributed by atoms with van der Waals surface area (Å²) in [6, 6.07) is 13.5. The molecular formula is C22H21NO6. The van der Waals surface area contributed by atoms with Crippen molar-refractivity contribution < 1.29 is 28.6 Å². The molecule has 29 heavy (non-hydrogen) atoms. The minimum absolute atomic E-state index is 0.204. The Morgan fingerprint density at radius 1 is 1.07 bits per heavy atom. The molecule has 0 aliphatic carbocycles. The summed E-state index contributed by atoms with van der Waals surface area (Å²) in [5.41, 5.74) is 0.957. The van der Waals surface area contributed by atoms with Crippen LogP contribution in [0.2, 0.25) is 0 Å². The number of para-hydroxylation sites is 1. The first kappa shape index (κ1) is 21.4. The van der Waals surface area contributed by atoms with Gasteiger partial charge >= 0.3 is 5.97 Å². The molecule has 150 valence electrons. The van der Waals surface area contributed by atoms with Gasteiger partial charge in [0.05, 0.1) is 12.7 Å². The average molecular weight is 395 g/mol. The van der Waals surface area contributed by atoms with E-state index in [1.54, 1.807) is 48.5 Å². The summed E-state index contributed by atoms with van der Waals surface area (Å²) in [5, 5.41) is 2.14. The van der Waals surface area contributed by atoms with Crippen molar-refractivity contribution in [3.63, 3.8) is 0 Å². The fourth-order valence-electron chi connectivity index (χ4n) is 2.24. The molecule has 0 bridgehead atoms. The van der Waals surface area contributed by atoms with Crippen molar-refractivity contribution in [2.24, 2.45) is 0 Å². The molecule has 2 aromatic rings. The topological polar surface area (TPSA) is 90.9 Å². The molecule has 0 radical (unpaired) electrons. The Bertz CT molecular complexity index is 902. The fraction of sp³-hybridized carbons (Fsp3) is 0.136. The zero-order valence-electron chi connectivity index (χ0n) is 15.9. The summed E-state index contributed by atoms with van der Waals surface area (Å²) >= 11 is 0. The molecule has 0 fully saturated rings. The van der Waals surface area contributed by atoms with Gasteiger partial charge in [0.1, 0.15) is 18.1 Å². The Labute approximate surface area is 168 Å². The van der Waals surface area contributed by atoms with Gasteiger partial charge in [-0.3, -0.25) is 14.9 Å². The summed E-state index contributed by atoms with van der Waals surface area (Å²) in [6.07, 6.45) is 4.37. The smallest absolute Gasteiger partial charge is 0.331 e. The van der Waals surface area contributed by atoms with Crippen LogP contribution in [0.5, 0.6) is 11.5 Å². The lowest BCUT2D eigenvalue weighted by Gasteiger charge is -2.08. The number of carbonyl (C=O) groups is 3. The van der Waals surface area contributed by atoms with Crippen molar-refractivity contribution >= 4 is 23.9 Å². The van der Waals surface area contributed by atoms with Crippen molar-refractivity contribution in [2.45, 2.75) is 0 Å². The second-order valence-electron chi connectivity index (χ2n) is 5.69. The van der Waals surface area contributed by atoms with Crippen molar-refractivity contribution in [3.05, 3.63) is 78.4 Å². The lowest BCUT2D eigenvalue weighted by atomic mass is 10.2. The number of rotatable bonds is 9. The second kappa shape index (κ2) is 11.1. The van der Waals surface area contributed by atoms with Crippen molar-refractivity contribution in [1.29, 1.82) is 0 Å². The molecule has 0 saturated heterocycles. The quantitative estimate of drug-likeness (QED) is 0.399. The van der Waals surface area contributed by atoms with E-state index in [4.69, 9.17) is 14.2 Å². The van der Waals surface area contributed by atoms with Crippen molar-refractivity contribution in [3.8, 4) is 11.5 Å². The van der Waals surface area contributed by atoms with Gasteiger partial charge in [-0.15, -0.1) is 0 Å². The summed E-state index contributed by atoms with van der Waals surface area (Å²) in [5.74, 6) is -1.08. The van der Waals surface area contributed by atoms with E-state index >= 15 is 0 Å². The van der Waals surface area contributed by atoms with E-state index in [9.17, 15) is 14.4 Å². The molecular weight excluding hydrogens is 374 g/mol. The third kappa shape index (κ3) is 6.99. The molecule has 0 atom stereocenters. The zero-order valence-corrected chi connectivity index (χ0v) is 15.9. The molecule has 2 aromatic carbocycles. The van der Waals surface area contributed by atoms with E-state index in [-0.39, 0.29) is 5.56 Å². The Morgan fingerprint density at radius 2 is 1.79 bits per heavy atom. The minimum atomic E-state index is -0.744. The Morgan fingerprint density at radius 3 is 2.48 bits per heavy atom. The number of hydrogen-bond acceptors (Lipinski definition) is 6. The van der Waals surface area contributed by atoms with Crippen LogP contribution in [0.25, 0.3) is 6.08 Å². The zero-order chi connectivity index (χ0) is 21.1. The largest absolute Gasteiger partial charge is 0.496 e. The summed E-state index contributed by atoms with van der Waals surface area (Å²) in [6.45, 7) is 3.39. The predicted octanol–water partition coefficient (Wildman–Crippen LogP) is 2.77. The minimum Gasteiger partial charge on any atom is -0.496 e. The first-order valence-corrected chi connectivity index (χ1v) is 8.69. The Kier molecular flexibility index (Phi) is 8.19. The molecule has 1 N–H and O–H groups in total. The molecule has 7 heteroatoms. The molecule has 0 aliphatic heterocycles. The van der Waals surface area contributed by atoms with Crippen LogP contribution in [0, 0.1) is 0 Å². The summed E-state index contributed by atoms with van der Waals surface area (Å²) < 4.78 is 15.3. The molecule has 2 amide bonds. The number of nitrogens with one attached hydrogen (secondary N) is 1. The number of imide groups is 1. The molecule has 0 spiro atoms. The number of amides is 2. The fourth-order valence-corrected chi connectivity index (χ4v) is 2.24. The van der Waals surface area contributed by atoms with Crippen LogP contribution < -0.4 is 14.8 Å². The number of methoxy groups -OCH3 is 1. The third-order valence-corrected chi connectivity index (χ3v) is 3.61. The van der Waals surface area contributed by atoms with Crippen LogP contribution in [0.15, 0.2) is 67.3 Å². The van der Waals surface area contributed by atoms with Gasteiger partial charge in [-0.25, -0.2) is 4.79 Å². The van der Waals surface area contributed by atoms with Gasteiger partial charge in [-0.2, -0.15) is 0 Å². The van der Waals surface area contributed by atoms with Gasteiger partial charge in [-0.1, -0.05) is 36.9 Å². The average Bonchev–Trinajstić information content (AvgIpc) is 2.75. The van der Waals surface area contributed by atoms with Crippen LogP contribution in [0.4, 0.5) is 0 Å². The molecule has 0 heterocycles. The highest BCUT2D eigenvalue weighted by Gasteiger charge is 2.15. The maximum Gasteiger partial charge on any atom is 0.331 e. The van der Waals surface area contributed by atoms with E-state index < -0.39 is 24.4 Å². The number of esters is 1. The molecule has 0 saturated carbocycles. The number of ether oxygens (including phenoxy) is 3. The standard InChI is InChI=1S/C22H21NO6/c1-3-14-28-17-11-8-16(9-12-17)10-13-21(25)29-15-20(24)23-22(26)18-6-4-5-7-19(18)27-2/h3-13H,1,14-15H2,2H3,(H,23,24,26)/b13-10+. The first-order valence-electron chi connectivity index (χ1n) is 8.69. The van der Waals surface area contributed by atoms with Crippen LogP contribution in [0.3, 0.4) is 0 Å². The normalized spacial score (nSPS) is 10.2. The van der Waals surface area contributed by atoms with Crippen LogP contribution in [-0.4, -0.2) is 38.1 Å². The van der Waals surface area contributed by atoms with Gasteiger partial charge in [-0.05, 0) is 35.9 Å². The van der Waals surface area contributed by atoms with Gasteiger partial charge in [0.25, 0.3) is 11.8 Å². The van der Waals surface area contributed by atoms with Crippen molar-refractivity contribution in [2.75, 3.05) is 20.3 Å². The first-order chi connectivity index (χ1) is 14.0. The van der Waals surface area contributed by atoms with Gasteiger partial charge in [0.2, 0.25) is 0 Å². The van der Waals surface area contributed by atoms with Crippen LogP contribution in [0.1, 0.15) is 15.9 Å². The Hall–Kier alpha value is -3.87. The maximum atomic E-state index is 12.1. The monoisotopic (exact) mass is 395 g/mol. The highest BCUT2D eigenvalue weighted by molar-refractivity contribution is 6.06. The van der Waals surface area contributed by atoms with Crippen molar-refractivity contribution in [1.82, 2.24) is 5.32 Å². The highest BCUT2D eigenvalue weighted by atomic mass is 16.5. The summed E-state index contributed by atoms with van der Waals surface area (Å²) in [7, 11) is 1.42. The van der Waals surface area contributed by atoms with E-state index in [0.717, 1.165) is 5.56 Å². The number of benzene rings is 2. The lowest BCUT2D eigenvalue weighted by molar-refractivity contribution is -0.143. The molecule has 0 aliphatic rings. The predicted molar refractivity (Wildman–Crippen MR) is 108 cm³/mol. The molecule has 7 nitrogen and oxygen atoms in total. The lowest BCUT2D eigenvalue weighted by Crippen LogP contribution is -2.34.